The minimum absolute atomic E-state index is 0.167. The summed E-state index contributed by atoms with van der Waals surface area (Å²) >= 11 is 1.45. The van der Waals surface area contributed by atoms with Gasteiger partial charge >= 0.3 is 5.97 Å². The van der Waals surface area contributed by atoms with Crippen LogP contribution in [0.2, 0.25) is 0 Å². The van der Waals surface area contributed by atoms with Crippen LogP contribution in [0.25, 0.3) is 0 Å². The number of aromatic carboxylic acids is 1. The molecule has 0 saturated heterocycles. The Morgan fingerprint density at radius 2 is 2.20 bits per heavy atom. The molecule has 1 atom stereocenters. The van der Waals surface area contributed by atoms with Gasteiger partial charge in [-0.3, -0.25) is 0 Å². The lowest BCUT2D eigenvalue weighted by molar-refractivity contribution is 0.0690. The monoisotopic (exact) mass is 288 g/mol. The molecule has 104 valence electrons. The number of fused-ring (bicyclic) bond motifs is 1. The van der Waals surface area contributed by atoms with E-state index >= 15 is 0 Å². The van der Waals surface area contributed by atoms with E-state index in [0.29, 0.717) is 5.92 Å². The fourth-order valence-corrected chi connectivity index (χ4v) is 3.60. The van der Waals surface area contributed by atoms with E-state index in [0.717, 1.165) is 28.7 Å². The SMILES string of the molecule is Cc1sc(N2CC(C)Cc3ccccc32)nc1C(=O)O. The zero-order valence-corrected chi connectivity index (χ0v) is 12.3. The fraction of sp³-hybridized carbons (Fsp3) is 0.333. The maximum Gasteiger partial charge on any atom is 0.355 e. The number of hydrogen-bond acceptors (Lipinski definition) is 4. The molecule has 1 aromatic carbocycles. The van der Waals surface area contributed by atoms with Crippen LogP contribution in [0.4, 0.5) is 10.8 Å². The van der Waals surface area contributed by atoms with E-state index in [1.807, 2.05) is 19.1 Å². The Labute approximate surface area is 121 Å². The number of thiazole rings is 1. The molecule has 4 nitrogen and oxygen atoms in total. The standard InChI is InChI=1S/C15H16N2O2S/c1-9-7-11-5-3-4-6-12(11)17(8-9)15-16-13(14(18)19)10(2)20-15/h3-6,9H,7-8H2,1-2H3,(H,18,19). The summed E-state index contributed by atoms with van der Waals surface area (Å²) in [5, 5.41) is 9.93. The van der Waals surface area contributed by atoms with Gasteiger partial charge in [-0.05, 0) is 30.9 Å². The summed E-state index contributed by atoms with van der Waals surface area (Å²) in [6.45, 7) is 4.90. The van der Waals surface area contributed by atoms with Crippen LogP contribution in [0.15, 0.2) is 24.3 Å². The maximum absolute atomic E-state index is 11.2. The van der Waals surface area contributed by atoms with Crippen LogP contribution in [-0.2, 0) is 6.42 Å². The largest absolute Gasteiger partial charge is 0.476 e. The van der Waals surface area contributed by atoms with Crippen molar-refractivity contribution in [1.82, 2.24) is 4.98 Å². The van der Waals surface area contributed by atoms with Crippen LogP contribution in [-0.4, -0.2) is 22.6 Å². The van der Waals surface area contributed by atoms with Crippen molar-refractivity contribution in [3.05, 3.63) is 40.4 Å². The third-order valence-electron chi connectivity index (χ3n) is 3.56. The number of para-hydroxylation sites is 1. The van der Waals surface area contributed by atoms with Crippen LogP contribution in [0, 0.1) is 12.8 Å². The zero-order valence-electron chi connectivity index (χ0n) is 11.5. The number of aromatic nitrogens is 1. The van der Waals surface area contributed by atoms with Crippen molar-refractivity contribution in [1.29, 1.82) is 0 Å². The quantitative estimate of drug-likeness (QED) is 0.919. The number of carboxylic acids is 1. The van der Waals surface area contributed by atoms with Gasteiger partial charge in [0.1, 0.15) is 0 Å². The first-order chi connectivity index (χ1) is 9.56. The number of anilines is 2. The van der Waals surface area contributed by atoms with E-state index in [9.17, 15) is 4.79 Å². The van der Waals surface area contributed by atoms with Crippen molar-refractivity contribution >= 4 is 28.1 Å². The van der Waals surface area contributed by atoms with Crippen LogP contribution < -0.4 is 4.90 Å². The van der Waals surface area contributed by atoms with Gasteiger partial charge in [0.05, 0.1) is 0 Å². The van der Waals surface area contributed by atoms with E-state index < -0.39 is 5.97 Å². The second kappa shape index (κ2) is 4.90. The molecule has 0 amide bonds. The van der Waals surface area contributed by atoms with E-state index in [-0.39, 0.29) is 5.69 Å². The summed E-state index contributed by atoms with van der Waals surface area (Å²) in [6.07, 6.45) is 1.06. The molecule has 1 N–H and O–H groups in total. The molecule has 2 heterocycles. The first-order valence-electron chi connectivity index (χ1n) is 6.62. The third-order valence-corrected chi connectivity index (χ3v) is 4.56. The highest BCUT2D eigenvalue weighted by atomic mass is 32.1. The second-order valence-electron chi connectivity index (χ2n) is 5.25. The van der Waals surface area contributed by atoms with Crippen molar-refractivity contribution in [2.24, 2.45) is 5.92 Å². The summed E-state index contributed by atoms with van der Waals surface area (Å²) < 4.78 is 0. The van der Waals surface area contributed by atoms with E-state index in [4.69, 9.17) is 5.11 Å². The summed E-state index contributed by atoms with van der Waals surface area (Å²) in [5.74, 6) is -0.425. The van der Waals surface area contributed by atoms with Gasteiger partial charge in [0, 0.05) is 17.1 Å². The molecular formula is C15H16N2O2S. The van der Waals surface area contributed by atoms with Crippen molar-refractivity contribution in [3.8, 4) is 0 Å². The molecule has 0 fully saturated rings. The van der Waals surface area contributed by atoms with Gasteiger partial charge in [-0.15, -0.1) is 11.3 Å². The fourth-order valence-electron chi connectivity index (χ4n) is 2.67. The molecule has 5 heteroatoms. The average molecular weight is 288 g/mol. The predicted octanol–water partition coefficient (Wildman–Crippen LogP) is 3.48. The predicted molar refractivity (Wildman–Crippen MR) is 80.1 cm³/mol. The minimum atomic E-state index is -0.955. The highest BCUT2D eigenvalue weighted by Crippen LogP contribution is 2.37. The summed E-state index contributed by atoms with van der Waals surface area (Å²) in [7, 11) is 0. The topological polar surface area (TPSA) is 53.4 Å². The molecular weight excluding hydrogens is 272 g/mol. The van der Waals surface area contributed by atoms with Crippen molar-refractivity contribution in [2.45, 2.75) is 20.3 Å². The normalized spacial score (nSPS) is 17.9. The number of rotatable bonds is 2. The smallest absolute Gasteiger partial charge is 0.355 e. The van der Waals surface area contributed by atoms with E-state index in [1.54, 1.807) is 0 Å². The first-order valence-corrected chi connectivity index (χ1v) is 7.44. The van der Waals surface area contributed by atoms with E-state index in [2.05, 4.69) is 28.9 Å². The minimum Gasteiger partial charge on any atom is -0.476 e. The number of hydrogen-bond donors (Lipinski definition) is 1. The van der Waals surface area contributed by atoms with Gasteiger partial charge < -0.3 is 10.0 Å². The van der Waals surface area contributed by atoms with Gasteiger partial charge in [0.15, 0.2) is 10.8 Å². The summed E-state index contributed by atoms with van der Waals surface area (Å²) in [5.41, 5.74) is 2.62. The molecule has 0 spiro atoms. The molecule has 0 aliphatic carbocycles. The lowest BCUT2D eigenvalue weighted by atomic mass is 9.94. The van der Waals surface area contributed by atoms with Crippen LogP contribution in [0.5, 0.6) is 0 Å². The Hall–Kier alpha value is -1.88. The number of benzene rings is 1. The number of carboxylic acid groups (broad SMARTS) is 1. The van der Waals surface area contributed by atoms with Crippen molar-refractivity contribution in [2.75, 3.05) is 11.4 Å². The average Bonchev–Trinajstić information content (AvgIpc) is 2.80. The van der Waals surface area contributed by atoms with Crippen LogP contribution in [0.1, 0.15) is 27.9 Å². The highest BCUT2D eigenvalue weighted by Gasteiger charge is 2.26. The number of aryl methyl sites for hydroxylation is 1. The molecule has 1 aliphatic rings. The maximum atomic E-state index is 11.2. The molecule has 20 heavy (non-hydrogen) atoms. The molecule has 0 saturated carbocycles. The molecule has 1 unspecified atom stereocenters. The summed E-state index contributed by atoms with van der Waals surface area (Å²) in [4.78, 5) is 18.4. The molecule has 0 bridgehead atoms. The molecule has 2 aromatic rings. The second-order valence-corrected chi connectivity index (χ2v) is 6.44. The Bertz CT molecular complexity index is 666. The first kappa shape index (κ1) is 13.1. The van der Waals surface area contributed by atoms with Crippen molar-refractivity contribution < 1.29 is 9.90 Å². The molecule has 1 aromatic heterocycles. The lowest BCUT2D eigenvalue weighted by Gasteiger charge is -2.32. The van der Waals surface area contributed by atoms with Crippen molar-refractivity contribution in [3.63, 3.8) is 0 Å². The Balaban J connectivity index is 2.06. The van der Waals surface area contributed by atoms with Gasteiger partial charge in [0.25, 0.3) is 0 Å². The van der Waals surface area contributed by atoms with Gasteiger partial charge in [0.2, 0.25) is 0 Å². The third kappa shape index (κ3) is 2.18. The molecule has 0 radical (unpaired) electrons. The Morgan fingerprint density at radius 1 is 1.45 bits per heavy atom. The van der Waals surface area contributed by atoms with Crippen LogP contribution in [0.3, 0.4) is 0 Å². The van der Waals surface area contributed by atoms with Gasteiger partial charge in [-0.1, -0.05) is 25.1 Å². The highest BCUT2D eigenvalue weighted by molar-refractivity contribution is 7.15. The summed E-state index contributed by atoms with van der Waals surface area (Å²) in [6, 6.07) is 8.28. The number of nitrogens with zero attached hydrogens (tertiary/aromatic N) is 2. The molecule has 1 aliphatic heterocycles. The van der Waals surface area contributed by atoms with E-state index in [1.165, 1.54) is 16.9 Å². The Kier molecular flexibility index (Phi) is 3.22. The van der Waals surface area contributed by atoms with Gasteiger partial charge in [-0.2, -0.15) is 0 Å². The number of carbonyl (C=O) groups is 1. The molecule has 3 rings (SSSR count). The Morgan fingerprint density at radius 3 is 2.90 bits per heavy atom. The van der Waals surface area contributed by atoms with Crippen LogP contribution >= 0.6 is 11.3 Å². The van der Waals surface area contributed by atoms with Gasteiger partial charge in [-0.25, -0.2) is 9.78 Å². The lowest BCUT2D eigenvalue weighted by Crippen LogP contribution is -2.30. The zero-order chi connectivity index (χ0) is 14.3.